The highest BCUT2D eigenvalue weighted by atomic mass is 35.5. The zero-order valence-electron chi connectivity index (χ0n) is 9.04. The number of aliphatic hydroxyl groups is 1. The molecular formula is C12H14ClFO2. The Morgan fingerprint density at radius 1 is 1.56 bits per heavy atom. The summed E-state index contributed by atoms with van der Waals surface area (Å²) in [6, 6.07) is 4.38. The van der Waals surface area contributed by atoms with E-state index in [1.165, 1.54) is 6.07 Å². The lowest BCUT2D eigenvalue weighted by Gasteiger charge is -2.36. The first kappa shape index (κ1) is 11.8. The molecule has 2 atom stereocenters. The van der Waals surface area contributed by atoms with Gasteiger partial charge in [0, 0.05) is 23.4 Å². The van der Waals surface area contributed by atoms with Gasteiger partial charge in [-0.1, -0.05) is 17.7 Å². The number of halogens is 2. The zero-order chi connectivity index (χ0) is 11.8. The van der Waals surface area contributed by atoms with Crippen molar-refractivity contribution in [3.63, 3.8) is 0 Å². The smallest absolute Gasteiger partial charge is 0.130 e. The lowest BCUT2D eigenvalue weighted by Crippen LogP contribution is -2.38. The molecule has 2 nitrogen and oxygen atoms in total. The Hall–Kier alpha value is -0.640. The predicted octanol–water partition coefficient (Wildman–Crippen LogP) is 2.87. The molecule has 2 rings (SSSR count). The Bertz CT molecular complexity index is 397. The van der Waals surface area contributed by atoms with Crippen molar-refractivity contribution >= 4 is 11.6 Å². The number of rotatable bonds is 1. The summed E-state index contributed by atoms with van der Waals surface area (Å²) in [5.74, 6) is -0.455. The molecule has 0 radical (unpaired) electrons. The third-order valence-corrected chi connectivity index (χ3v) is 3.21. The van der Waals surface area contributed by atoms with Crippen LogP contribution >= 0.6 is 11.6 Å². The standard InChI is InChI=1S/C12H14ClFO2/c1-8-7-12(15,4-5-16-8)10-3-2-9(13)6-11(10)14/h2-3,6,8,15H,4-5,7H2,1H3. The van der Waals surface area contributed by atoms with Crippen molar-refractivity contribution in [2.75, 3.05) is 6.61 Å². The average molecular weight is 245 g/mol. The summed E-state index contributed by atoms with van der Waals surface area (Å²) < 4.78 is 19.1. The summed E-state index contributed by atoms with van der Waals surface area (Å²) in [7, 11) is 0. The lowest BCUT2D eigenvalue weighted by atomic mass is 9.84. The third kappa shape index (κ3) is 2.21. The fourth-order valence-corrected chi connectivity index (χ4v) is 2.34. The summed E-state index contributed by atoms with van der Waals surface area (Å²) in [6.45, 7) is 2.32. The van der Waals surface area contributed by atoms with Crippen molar-refractivity contribution in [2.24, 2.45) is 0 Å². The highest BCUT2D eigenvalue weighted by Crippen LogP contribution is 2.36. The molecule has 0 aromatic heterocycles. The van der Waals surface area contributed by atoms with E-state index in [1.54, 1.807) is 12.1 Å². The Balaban J connectivity index is 2.34. The molecule has 4 heteroatoms. The molecule has 1 aromatic carbocycles. The van der Waals surface area contributed by atoms with Gasteiger partial charge in [0.1, 0.15) is 5.82 Å². The number of hydrogen-bond donors (Lipinski definition) is 1. The van der Waals surface area contributed by atoms with Crippen LogP contribution in [0.25, 0.3) is 0 Å². The van der Waals surface area contributed by atoms with Crippen molar-refractivity contribution in [3.05, 3.63) is 34.6 Å². The molecule has 0 amide bonds. The van der Waals surface area contributed by atoms with Gasteiger partial charge in [-0.2, -0.15) is 0 Å². The zero-order valence-corrected chi connectivity index (χ0v) is 9.80. The monoisotopic (exact) mass is 244 g/mol. The van der Waals surface area contributed by atoms with Gasteiger partial charge in [0.15, 0.2) is 0 Å². The highest BCUT2D eigenvalue weighted by molar-refractivity contribution is 6.30. The summed E-state index contributed by atoms with van der Waals surface area (Å²) in [5.41, 5.74) is -0.821. The number of ether oxygens (including phenoxy) is 1. The topological polar surface area (TPSA) is 29.5 Å². The molecule has 1 aromatic rings. The first-order valence-electron chi connectivity index (χ1n) is 5.31. The summed E-state index contributed by atoms with van der Waals surface area (Å²) >= 11 is 5.68. The molecule has 0 spiro atoms. The van der Waals surface area contributed by atoms with Gasteiger partial charge in [-0.05, 0) is 19.1 Å². The van der Waals surface area contributed by atoms with Crippen LogP contribution < -0.4 is 0 Å². The van der Waals surface area contributed by atoms with Crippen LogP contribution in [-0.2, 0) is 10.3 Å². The Morgan fingerprint density at radius 3 is 2.94 bits per heavy atom. The van der Waals surface area contributed by atoms with E-state index in [0.29, 0.717) is 30.0 Å². The van der Waals surface area contributed by atoms with E-state index >= 15 is 0 Å². The van der Waals surface area contributed by atoms with Gasteiger partial charge in [-0.15, -0.1) is 0 Å². The minimum absolute atomic E-state index is 0.0613. The SMILES string of the molecule is CC1CC(O)(c2ccc(Cl)cc2F)CCO1. The second kappa shape index (κ2) is 4.32. The maximum Gasteiger partial charge on any atom is 0.130 e. The van der Waals surface area contributed by atoms with Crippen molar-refractivity contribution in [3.8, 4) is 0 Å². The minimum atomic E-state index is -1.13. The molecule has 16 heavy (non-hydrogen) atoms. The van der Waals surface area contributed by atoms with Crippen LogP contribution in [0.4, 0.5) is 4.39 Å². The molecule has 1 saturated heterocycles. The van der Waals surface area contributed by atoms with Crippen molar-refractivity contribution in [1.29, 1.82) is 0 Å². The molecular weight excluding hydrogens is 231 g/mol. The van der Waals surface area contributed by atoms with Crippen molar-refractivity contribution < 1.29 is 14.2 Å². The van der Waals surface area contributed by atoms with Crippen LogP contribution in [0.3, 0.4) is 0 Å². The molecule has 0 saturated carbocycles. The fourth-order valence-electron chi connectivity index (χ4n) is 2.18. The Labute approximate surface area is 99.0 Å². The second-order valence-electron chi connectivity index (χ2n) is 4.29. The Kier molecular flexibility index (Phi) is 3.19. The van der Waals surface area contributed by atoms with Gasteiger partial charge in [0.25, 0.3) is 0 Å². The van der Waals surface area contributed by atoms with Gasteiger partial charge in [0.05, 0.1) is 18.3 Å². The highest BCUT2D eigenvalue weighted by Gasteiger charge is 2.36. The van der Waals surface area contributed by atoms with Crippen LogP contribution in [0.5, 0.6) is 0 Å². The van der Waals surface area contributed by atoms with Crippen LogP contribution in [-0.4, -0.2) is 17.8 Å². The van der Waals surface area contributed by atoms with Crippen LogP contribution in [0.1, 0.15) is 25.3 Å². The molecule has 1 N–H and O–H groups in total. The Morgan fingerprint density at radius 2 is 2.31 bits per heavy atom. The minimum Gasteiger partial charge on any atom is -0.385 e. The number of hydrogen-bond acceptors (Lipinski definition) is 2. The summed E-state index contributed by atoms with van der Waals surface area (Å²) in [6.07, 6.45) is 0.760. The maximum atomic E-state index is 13.7. The van der Waals surface area contributed by atoms with Crippen molar-refractivity contribution in [1.82, 2.24) is 0 Å². The first-order chi connectivity index (χ1) is 7.51. The van der Waals surface area contributed by atoms with Gasteiger partial charge < -0.3 is 9.84 Å². The van der Waals surface area contributed by atoms with E-state index in [2.05, 4.69) is 0 Å². The predicted molar refractivity (Wildman–Crippen MR) is 60.0 cm³/mol. The van der Waals surface area contributed by atoms with Gasteiger partial charge in [0.2, 0.25) is 0 Å². The van der Waals surface area contributed by atoms with Crippen LogP contribution in [0, 0.1) is 5.82 Å². The third-order valence-electron chi connectivity index (χ3n) is 2.98. The van der Waals surface area contributed by atoms with Gasteiger partial charge in [-0.3, -0.25) is 0 Å². The van der Waals surface area contributed by atoms with E-state index < -0.39 is 11.4 Å². The molecule has 1 aliphatic heterocycles. The molecule has 2 unspecified atom stereocenters. The van der Waals surface area contributed by atoms with E-state index in [-0.39, 0.29) is 6.10 Å². The van der Waals surface area contributed by atoms with Gasteiger partial charge >= 0.3 is 0 Å². The summed E-state index contributed by atoms with van der Waals surface area (Å²) in [5, 5.41) is 10.8. The molecule has 1 fully saturated rings. The molecule has 1 aliphatic rings. The maximum absolute atomic E-state index is 13.7. The summed E-state index contributed by atoms with van der Waals surface area (Å²) in [4.78, 5) is 0. The van der Waals surface area contributed by atoms with E-state index in [9.17, 15) is 9.50 Å². The van der Waals surface area contributed by atoms with Crippen LogP contribution in [0.2, 0.25) is 5.02 Å². The van der Waals surface area contributed by atoms with E-state index in [1.807, 2.05) is 6.92 Å². The largest absolute Gasteiger partial charge is 0.385 e. The lowest BCUT2D eigenvalue weighted by molar-refractivity contribution is -0.103. The van der Waals surface area contributed by atoms with E-state index in [4.69, 9.17) is 16.3 Å². The number of benzene rings is 1. The molecule has 88 valence electrons. The first-order valence-corrected chi connectivity index (χ1v) is 5.68. The van der Waals surface area contributed by atoms with Crippen molar-refractivity contribution in [2.45, 2.75) is 31.5 Å². The van der Waals surface area contributed by atoms with Gasteiger partial charge in [-0.25, -0.2) is 4.39 Å². The average Bonchev–Trinajstić information content (AvgIpc) is 2.16. The quantitative estimate of drug-likeness (QED) is 0.823. The van der Waals surface area contributed by atoms with E-state index in [0.717, 1.165) is 0 Å². The normalized spacial score (nSPS) is 30.4. The molecule has 1 heterocycles. The molecule has 0 aliphatic carbocycles. The molecule has 0 bridgehead atoms. The fraction of sp³-hybridized carbons (Fsp3) is 0.500. The second-order valence-corrected chi connectivity index (χ2v) is 4.73. The van der Waals surface area contributed by atoms with Crippen LogP contribution in [0.15, 0.2) is 18.2 Å².